The zero-order valence-corrected chi connectivity index (χ0v) is 17.2. The van der Waals surface area contributed by atoms with Crippen LogP contribution in [-0.2, 0) is 16.6 Å². The van der Waals surface area contributed by atoms with Gasteiger partial charge in [-0.05, 0) is 50.1 Å². The van der Waals surface area contributed by atoms with Crippen molar-refractivity contribution in [2.75, 3.05) is 11.3 Å². The summed E-state index contributed by atoms with van der Waals surface area (Å²) in [6.07, 6.45) is 6.08. The van der Waals surface area contributed by atoms with Crippen molar-refractivity contribution >= 4 is 21.6 Å². The number of nitrogens with one attached hydrogen (secondary N) is 2. The zero-order chi connectivity index (χ0) is 20.9. The van der Waals surface area contributed by atoms with E-state index in [0.29, 0.717) is 23.4 Å². The third-order valence-corrected chi connectivity index (χ3v) is 5.97. The van der Waals surface area contributed by atoms with Crippen LogP contribution in [0.3, 0.4) is 0 Å². The van der Waals surface area contributed by atoms with Gasteiger partial charge in [0.2, 0.25) is 0 Å². The monoisotopic (exact) mass is 412 g/mol. The van der Waals surface area contributed by atoms with Crippen molar-refractivity contribution in [1.82, 2.24) is 14.9 Å². The maximum Gasteiger partial charge on any atom is 0.261 e. The Balaban J connectivity index is 1.66. The zero-order valence-electron chi connectivity index (χ0n) is 16.4. The van der Waals surface area contributed by atoms with Gasteiger partial charge in [-0.25, -0.2) is 13.4 Å². The van der Waals surface area contributed by atoms with E-state index in [2.05, 4.69) is 15.0 Å². The molecule has 0 bridgehead atoms. The molecule has 0 aliphatic heterocycles. The van der Waals surface area contributed by atoms with E-state index in [1.54, 1.807) is 61.9 Å². The van der Waals surface area contributed by atoms with Crippen LogP contribution in [0.4, 0.5) is 5.69 Å². The molecule has 0 saturated carbocycles. The van der Waals surface area contributed by atoms with Gasteiger partial charge in [0.05, 0.1) is 16.9 Å². The minimum Gasteiger partial charge on any atom is -0.352 e. The molecule has 7 nitrogen and oxygen atoms in total. The summed E-state index contributed by atoms with van der Waals surface area (Å²) in [7, 11) is -3.73. The molecule has 0 aliphatic carbocycles. The first kappa shape index (κ1) is 20.6. The lowest BCUT2D eigenvalue weighted by molar-refractivity contribution is 0.0952. The second-order valence-corrected chi connectivity index (χ2v) is 8.49. The van der Waals surface area contributed by atoms with Crippen LogP contribution in [0.5, 0.6) is 0 Å². The van der Waals surface area contributed by atoms with Gasteiger partial charge in [0, 0.05) is 31.0 Å². The molecule has 0 saturated heterocycles. The summed E-state index contributed by atoms with van der Waals surface area (Å²) in [5.74, 6) is -0.232. The van der Waals surface area contributed by atoms with E-state index in [1.807, 2.05) is 17.7 Å². The summed E-state index contributed by atoms with van der Waals surface area (Å²) in [6.45, 7) is 4.89. The quantitative estimate of drug-likeness (QED) is 0.556. The smallest absolute Gasteiger partial charge is 0.261 e. The van der Waals surface area contributed by atoms with Crippen LogP contribution in [0.1, 0.15) is 27.9 Å². The van der Waals surface area contributed by atoms with Gasteiger partial charge in [0.1, 0.15) is 0 Å². The van der Waals surface area contributed by atoms with E-state index in [1.165, 1.54) is 0 Å². The maximum atomic E-state index is 12.7. The van der Waals surface area contributed by atoms with Crippen LogP contribution in [0.15, 0.2) is 66.1 Å². The minimum absolute atomic E-state index is 0.178. The average Bonchev–Trinajstić information content (AvgIpc) is 3.20. The number of amides is 1. The molecular formula is C21H24N4O3S. The predicted octanol–water partition coefficient (Wildman–Crippen LogP) is 3.12. The van der Waals surface area contributed by atoms with Gasteiger partial charge in [0.15, 0.2) is 0 Å². The molecule has 0 aliphatic rings. The molecule has 3 aromatic rings. The highest BCUT2D eigenvalue weighted by molar-refractivity contribution is 7.92. The van der Waals surface area contributed by atoms with Crippen molar-refractivity contribution in [2.45, 2.75) is 31.7 Å². The number of anilines is 1. The molecule has 3 rings (SSSR count). The summed E-state index contributed by atoms with van der Waals surface area (Å²) in [5.41, 5.74) is 2.38. The van der Waals surface area contributed by atoms with Crippen molar-refractivity contribution in [2.24, 2.45) is 0 Å². The number of imidazole rings is 1. The van der Waals surface area contributed by atoms with Gasteiger partial charge in [0.25, 0.3) is 15.9 Å². The number of aryl methyl sites for hydroxylation is 2. The molecule has 0 fully saturated rings. The molecule has 8 heteroatoms. The van der Waals surface area contributed by atoms with E-state index in [0.717, 1.165) is 18.5 Å². The first-order valence-corrected chi connectivity index (χ1v) is 10.8. The topological polar surface area (TPSA) is 93.1 Å². The Kier molecular flexibility index (Phi) is 6.33. The molecule has 0 unspecified atom stereocenters. The number of carbonyl (C=O) groups is 1. The van der Waals surface area contributed by atoms with Crippen molar-refractivity contribution in [3.63, 3.8) is 0 Å². The normalized spacial score (nSPS) is 11.2. The van der Waals surface area contributed by atoms with Gasteiger partial charge in [-0.3, -0.25) is 9.52 Å². The third-order valence-electron chi connectivity index (χ3n) is 4.59. The second kappa shape index (κ2) is 8.91. The fraction of sp³-hybridized carbons (Fsp3) is 0.238. The van der Waals surface area contributed by atoms with Gasteiger partial charge in [-0.1, -0.05) is 23.8 Å². The number of benzene rings is 2. The predicted molar refractivity (Wildman–Crippen MR) is 112 cm³/mol. The van der Waals surface area contributed by atoms with Crippen LogP contribution >= 0.6 is 0 Å². The molecule has 2 N–H and O–H groups in total. The Bertz CT molecular complexity index is 1080. The molecule has 152 valence electrons. The van der Waals surface area contributed by atoms with E-state index in [4.69, 9.17) is 0 Å². The minimum atomic E-state index is -3.73. The van der Waals surface area contributed by atoms with Gasteiger partial charge in [-0.15, -0.1) is 0 Å². The third kappa shape index (κ3) is 5.23. The highest BCUT2D eigenvalue weighted by atomic mass is 32.2. The lowest BCUT2D eigenvalue weighted by Crippen LogP contribution is -2.26. The fourth-order valence-corrected chi connectivity index (χ4v) is 4.01. The summed E-state index contributed by atoms with van der Waals surface area (Å²) in [6, 6.07) is 11.6. The molecule has 1 amide bonds. The Labute approximate surface area is 170 Å². The number of hydrogen-bond donors (Lipinski definition) is 2. The average molecular weight is 413 g/mol. The van der Waals surface area contributed by atoms with Gasteiger partial charge >= 0.3 is 0 Å². The van der Waals surface area contributed by atoms with Crippen molar-refractivity contribution in [1.29, 1.82) is 0 Å². The van der Waals surface area contributed by atoms with Crippen LogP contribution in [-0.4, -0.2) is 30.4 Å². The lowest BCUT2D eigenvalue weighted by atomic mass is 10.1. The largest absolute Gasteiger partial charge is 0.352 e. The van der Waals surface area contributed by atoms with Crippen LogP contribution in [0.2, 0.25) is 0 Å². The summed E-state index contributed by atoms with van der Waals surface area (Å²) in [5, 5.41) is 2.88. The van der Waals surface area contributed by atoms with E-state index in [9.17, 15) is 13.2 Å². The summed E-state index contributed by atoms with van der Waals surface area (Å²) in [4.78, 5) is 16.7. The standard InChI is InChI=1S/C21H24N4O3S/c1-16-7-9-18(10-8-16)29(27,28)24-20-6-3-5-19(17(20)2)21(26)23-11-4-13-25-14-12-22-15-25/h3,5-10,12,14-15,24H,4,11,13H2,1-2H3,(H,23,26). The Hall–Kier alpha value is -3.13. The van der Waals surface area contributed by atoms with Gasteiger partial charge in [-0.2, -0.15) is 0 Å². The molecule has 1 heterocycles. The van der Waals surface area contributed by atoms with Crippen molar-refractivity contribution in [3.8, 4) is 0 Å². The van der Waals surface area contributed by atoms with Crippen molar-refractivity contribution < 1.29 is 13.2 Å². The Morgan fingerprint density at radius 3 is 2.55 bits per heavy atom. The molecule has 0 atom stereocenters. The van der Waals surface area contributed by atoms with Crippen LogP contribution in [0, 0.1) is 13.8 Å². The second-order valence-electron chi connectivity index (χ2n) is 6.81. The Morgan fingerprint density at radius 2 is 1.86 bits per heavy atom. The van der Waals surface area contributed by atoms with Crippen LogP contribution < -0.4 is 10.0 Å². The lowest BCUT2D eigenvalue weighted by Gasteiger charge is -2.14. The van der Waals surface area contributed by atoms with Gasteiger partial charge < -0.3 is 9.88 Å². The highest BCUT2D eigenvalue weighted by Gasteiger charge is 2.17. The van der Waals surface area contributed by atoms with E-state index < -0.39 is 10.0 Å². The first-order chi connectivity index (χ1) is 13.9. The molecular weight excluding hydrogens is 388 g/mol. The maximum absolute atomic E-state index is 12.7. The SMILES string of the molecule is Cc1ccc(S(=O)(=O)Nc2cccc(C(=O)NCCCn3ccnc3)c2C)cc1. The van der Waals surface area contributed by atoms with E-state index in [-0.39, 0.29) is 10.8 Å². The van der Waals surface area contributed by atoms with Crippen LogP contribution in [0.25, 0.3) is 0 Å². The molecule has 2 aromatic carbocycles. The number of hydrogen-bond acceptors (Lipinski definition) is 4. The number of nitrogens with zero attached hydrogens (tertiary/aromatic N) is 2. The van der Waals surface area contributed by atoms with Crippen molar-refractivity contribution in [3.05, 3.63) is 77.9 Å². The summed E-state index contributed by atoms with van der Waals surface area (Å²) < 4.78 is 29.8. The number of aromatic nitrogens is 2. The summed E-state index contributed by atoms with van der Waals surface area (Å²) >= 11 is 0. The molecule has 1 aromatic heterocycles. The number of carbonyl (C=O) groups excluding carboxylic acids is 1. The Morgan fingerprint density at radius 1 is 1.10 bits per heavy atom. The highest BCUT2D eigenvalue weighted by Crippen LogP contribution is 2.23. The number of sulfonamides is 1. The fourth-order valence-electron chi connectivity index (χ4n) is 2.89. The number of rotatable bonds is 8. The molecule has 29 heavy (non-hydrogen) atoms. The van der Waals surface area contributed by atoms with E-state index >= 15 is 0 Å². The first-order valence-electron chi connectivity index (χ1n) is 9.30. The molecule has 0 spiro atoms. The molecule has 0 radical (unpaired) electrons.